The first-order valence-electron chi connectivity index (χ1n) is 5.97. The highest BCUT2D eigenvalue weighted by atomic mass is 16.4. The Morgan fingerprint density at radius 3 is 2.69 bits per heavy atom. The fourth-order valence-electron chi connectivity index (χ4n) is 2.36. The van der Waals surface area contributed by atoms with Gasteiger partial charge in [0.15, 0.2) is 0 Å². The van der Waals surface area contributed by atoms with E-state index >= 15 is 0 Å². The number of rotatable bonds is 1. The molecule has 0 radical (unpaired) electrons. The fourth-order valence-corrected chi connectivity index (χ4v) is 2.36. The summed E-state index contributed by atoms with van der Waals surface area (Å²) < 4.78 is 0. The second-order valence-electron chi connectivity index (χ2n) is 4.44. The lowest BCUT2D eigenvalue weighted by Crippen LogP contribution is -2.33. The molecule has 0 bridgehead atoms. The van der Waals surface area contributed by atoms with Gasteiger partial charge in [0.05, 0.1) is 12.6 Å². The number of likely N-dealkylation sites (tertiary alicyclic amines) is 2. The summed E-state index contributed by atoms with van der Waals surface area (Å²) in [5.41, 5.74) is 0. The van der Waals surface area contributed by atoms with E-state index in [9.17, 15) is 4.79 Å². The van der Waals surface area contributed by atoms with E-state index in [1.54, 1.807) is 0 Å². The number of carboxylic acid groups (broad SMARTS) is 1. The van der Waals surface area contributed by atoms with Crippen LogP contribution in [0.1, 0.15) is 25.7 Å². The van der Waals surface area contributed by atoms with Gasteiger partial charge in [0.1, 0.15) is 0 Å². The second kappa shape index (κ2) is 5.22. The van der Waals surface area contributed by atoms with Crippen molar-refractivity contribution in [3.63, 3.8) is 0 Å². The van der Waals surface area contributed by atoms with Crippen LogP contribution in [-0.2, 0) is 0 Å². The molecule has 2 heterocycles. The van der Waals surface area contributed by atoms with Crippen molar-refractivity contribution in [2.75, 3.05) is 26.2 Å². The highest BCUT2D eigenvalue weighted by Gasteiger charge is 2.26. The first-order valence-corrected chi connectivity index (χ1v) is 5.97. The van der Waals surface area contributed by atoms with Crippen molar-refractivity contribution in [3.05, 3.63) is 0 Å². The fraction of sp³-hybridized carbons (Fsp3) is 0.750. The minimum atomic E-state index is -0.835. The third-order valence-electron chi connectivity index (χ3n) is 3.27. The Hall–Kier alpha value is -1.21. The highest BCUT2D eigenvalue weighted by Crippen LogP contribution is 2.16. The van der Waals surface area contributed by atoms with Crippen LogP contribution in [0.2, 0.25) is 0 Å². The third-order valence-corrected chi connectivity index (χ3v) is 3.27. The molecule has 0 saturated carbocycles. The molecule has 0 aromatic carbocycles. The van der Waals surface area contributed by atoms with Crippen molar-refractivity contribution in [1.82, 2.24) is 9.80 Å². The Bertz CT molecular complexity index is 313. The molecule has 0 aliphatic carbocycles. The first-order chi connectivity index (χ1) is 7.77. The van der Waals surface area contributed by atoms with Crippen LogP contribution in [0.3, 0.4) is 0 Å². The van der Waals surface area contributed by atoms with Crippen molar-refractivity contribution >= 4 is 6.09 Å². The molecule has 0 aromatic heterocycles. The summed E-state index contributed by atoms with van der Waals surface area (Å²) in [5, 5.41) is 8.94. The molecule has 2 rings (SSSR count). The van der Waals surface area contributed by atoms with E-state index in [1.807, 2.05) is 0 Å². The second-order valence-corrected chi connectivity index (χ2v) is 4.44. The van der Waals surface area contributed by atoms with Crippen molar-refractivity contribution in [2.24, 2.45) is 0 Å². The molecule has 16 heavy (non-hydrogen) atoms. The number of amides is 1. The molecule has 2 saturated heterocycles. The number of carbonyl (C=O) groups is 1. The predicted molar refractivity (Wildman–Crippen MR) is 61.2 cm³/mol. The van der Waals surface area contributed by atoms with Gasteiger partial charge in [-0.15, -0.1) is 0 Å². The van der Waals surface area contributed by atoms with E-state index < -0.39 is 6.09 Å². The van der Waals surface area contributed by atoms with Crippen LogP contribution in [0.4, 0.5) is 4.79 Å². The summed E-state index contributed by atoms with van der Waals surface area (Å²) in [6.45, 7) is 3.71. The van der Waals surface area contributed by atoms with Crippen molar-refractivity contribution in [1.29, 1.82) is 0 Å². The lowest BCUT2D eigenvalue weighted by atomic mass is 10.2. The zero-order chi connectivity index (χ0) is 11.4. The van der Waals surface area contributed by atoms with Gasteiger partial charge in [-0.05, 0) is 38.8 Å². The Kier molecular flexibility index (Phi) is 3.68. The molecule has 1 N–H and O–H groups in total. The summed E-state index contributed by atoms with van der Waals surface area (Å²) in [6.07, 6.45) is 3.53. The molecule has 1 amide bonds. The predicted octanol–water partition coefficient (Wildman–Crippen LogP) is 1.23. The van der Waals surface area contributed by atoms with Gasteiger partial charge in [0, 0.05) is 6.54 Å². The molecule has 4 nitrogen and oxygen atoms in total. The van der Waals surface area contributed by atoms with Crippen LogP contribution in [0, 0.1) is 11.8 Å². The van der Waals surface area contributed by atoms with Crippen LogP contribution >= 0.6 is 0 Å². The molecule has 0 unspecified atom stereocenters. The quantitative estimate of drug-likeness (QED) is 0.679. The molecule has 88 valence electrons. The lowest BCUT2D eigenvalue weighted by molar-refractivity contribution is 0.148. The number of hydrogen-bond acceptors (Lipinski definition) is 2. The minimum absolute atomic E-state index is 0.0693. The Labute approximate surface area is 96.2 Å². The molecule has 0 spiro atoms. The topological polar surface area (TPSA) is 43.8 Å². The maximum absolute atomic E-state index is 10.9. The van der Waals surface area contributed by atoms with Crippen LogP contribution < -0.4 is 0 Å². The van der Waals surface area contributed by atoms with Gasteiger partial charge in [-0.1, -0.05) is 11.8 Å². The monoisotopic (exact) mass is 222 g/mol. The minimum Gasteiger partial charge on any atom is -0.465 e. The van der Waals surface area contributed by atoms with Gasteiger partial charge in [0.25, 0.3) is 0 Å². The summed E-state index contributed by atoms with van der Waals surface area (Å²) in [5.74, 6) is 6.22. The van der Waals surface area contributed by atoms with E-state index in [2.05, 4.69) is 16.7 Å². The van der Waals surface area contributed by atoms with E-state index in [-0.39, 0.29) is 6.04 Å². The summed E-state index contributed by atoms with van der Waals surface area (Å²) in [7, 11) is 0. The Morgan fingerprint density at radius 2 is 2.00 bits per heavy atom. The number of nitrogens with zero attached hydrogens (tertiary/aromatic N) is 2. The van der Waals surface area contributed by atoms with E-state index in [0.29, 0.717) is 6.54 Å². The SMILES string of the molecule is O=C(O)N1CCC[C@@H]1C#CCN1CCCC1. The molecule has 1 atom stereocenters. The molecule has 0 aromatic rings. The van der Waals surface area contributed by atoms with Gasteiger partial charge in [-0.2, -0.15) is 0 Å². The molecule has 2 aliphatic rings. The van der Waals surface area contributed by atoms with Gasteiger partial charge in [-0.3, -0.25) is 9.80 Å². The molecular weight excluding hydrogens is 204 g/mol. The standard InChI is InChI=1S/C12H18N2O2/c15-12(16)14-10-4-6-11(14)5-3-9-13-7-1-2-8-13/h11H,1-2,4,6-10H2,(H,15,16)/t11-/m0/s1. The third kappa shape index (κ3) is 2.67. The molecule has 4 heteroatoms. The first kappa shape index (κ1) is 11.3. The lowest BCUT2D eigenvalue weighted by Gasteiger charge is -2.16. The molecule has 2 fully saturated rings. The Morgan fingerprint density at radius 1 is 1.25 bits per heavy atom. The maximum atomic E-state index is 10.9. The van der Waals surface area contributed by atoms with Crippen LogP contribution in [0.25, 0.3) is 0 Å². The summed E-state index contributed by atoms with van der Waals surface area (Å²) >= 11 is 0. The average molecular weight is 222 g/mol. The molecular formula is C12H18N2O2. The Balaban J connectivity index is 1.83. The van der Waals surface area contributed by atoms with Crippen LogP contribution in [0.5, 0.6) is 0 Å². The normalized spacial score (nSPS) is 25.5. The van der Waals surface area contributed by atoms with Crippen molar-refractivity contribution < 1.29 is 9.90 Å². The van der Waals surface area contributed by atoms with Crippen LogP contribution in [0.15, 0.2) is 0 Å². The summed E-state index contributed by atoms with van der Waals surface area (Å²) in [6, 6.07) is -0.0693. The number of hydrogen-bond donors (Lipinski definition) is 1. The van der Waals surface area contributed by atoms with E-state index in [0.717, 1.165) is 32.5 Å². The van der Waals surface area contributed by atoms with Gasteiger partial charge < -0.3 is 5.11 Å². The average Bonchev–Trinajstić information content (AvgIpc) is 2.87. The van der Waals surface area contributed by atoms with Gasteiger partial charge in [0.2, 0.25) is 0 Å². The largest absolute Gasteiger partial charge is 0.465 e. The van der Waals surface area contributed by atoms with E-state index in [1.165, 1.54) is 17.7 Å². The highest BCUT2D eigenvalue weighted by molar-refractivity contribution is 5.66. The zero-order valence-electron chi connectivity index (χ0n) is 9.48. The molecule has 2 aliphatic heterocycles. The zero-order valence-corrected chi connectivity index (χ0v) is 9.48. The van der Waals surface area contributed by atoms with Gasteiger partial charge >= 0.3 is 6.09 Å². The smallest absolute Gasteiger partial charge is 0.408 e. The maximum Gasteiger partial charge on any atom is 0.408 e. The van der Waals surface area contributed by atoms with Crippen LogP contribution in [-0.4, -0.2) is 53.2 Å². The summed E-state index contributed by atoms with van der Waals surface area (Å²) in [4.78, 5) is 14.7. The van der Waals surface area contributed by atoms with E-state index in [4.69, 9.17) is 5.11 Å². The van der Waals surface area contributed by atoms with Crippen molar-refractivity contribution in [3.8, 4) is 11.8 Å². The van der Waals surface area contributed by atoms with Crippen molar-refractivity contribution in [2.45, 2.75) is 31.7 Å². The van der Waals surface area contributed by atoms with Gasteiger partial charge in [-0.25, -0.2) is 4.79 Å².